The summed E-state index contributed by atoms with van der Waals surface area (Å²) in [4.78, 5) is 35.4. The van der Waals surface area contributed by atoms with Gasteiger partial charge in [-0.25, -0.2) is 4.57 Å². The normalized spacial score (nSPS) is 13.9. The number of esters is 2. The van der Waals surface area contributed by atoms with Gasteiger partial charge in [0.25, 0.3) is 0 Å². The minimum absolute atomic E-state index is 0.0422. The molecule has 0 saturated heterocycles. The number of carbonyl (C=O) groups excluding carboxylic acids is 2. The first-order valence-corrected chi connectivity index (χ1v) is 36.5. The molecule has 0 aliphatic rings. The fourth-order valence-electron chi connectivity index (χ4n) is 9.33. The van der Waals surface area contributed by atoms with E-state index < -0.39 is 26.5 Å². The minimum Gasteiger partial charge on any atom is -0.462 e. The lowest BCUT2D eigenvalue weighted by atomic mass is 10.0. The number of unbranched alkanes of at least 4 members (excludes halogenated alkanes) is 25. The lowest BCUT2D eigenvalue weighted by molar-refractivity contribution is -0.161. The highest BCUT2D eigenvalue weighted by atomic mass is 31.2. The molecular weight excluding hydrogens is 1100 g/mol. The summed E-state index contributed by atoms with van der Waals surface area (Å²) in [5, 5.41) is 0. The van der Waals surface area contributed by atoms with Crippen molar-refractivity contribution in [2.45, 2.75) is 290 Å². The second-order valence-corrected chi connectivity index (χ2v) is 24.1. The highest BCUT2D eigenvalue weighted by molar-refractivity contribution is 7.47. The first-order chi connectivity index (χ1) is 42.8. The number of hydrogen-bond acceptors (Lipinski definition) is 8. The molecule has 0 aromatic rings. The minimum atomic E-state index is -4.41. The van der Waals surface area contributed by atoms with Crippen molar-refractivity contribution in [3.05, 3.63) is 158 Å². The summed E-state index contributed by atoms with van der Waals surface area (Å²) < 4.78 is 33.1. The van der Waals surface area contributed by atoms with Gasteiger partial charge in [0.05, 0.1) is 13.2 Å². The highest BCUT2D eigenvalue weighted by Gasteiger charge is 2.26. The molecule has 0 amide bonds. The van der Waals surface area contributed by atoms with Crippen LogP contribution in [0.25, 0.3) is 0 Å². The third-order valence-corrected chi connectivity index (χ3v) is 15.4. The predicted molar refractivity (Wildman–Crippen MR) is 376 cm³/mol. The van der Waals surface area contributed by atoms with E-state index in [9.17, 15) is 19.0 Å². The van der Waals surface area contributed by atoms with Crippen LogP contribution in [0.1, 0.15) is 284 Å². The molecule has 3 N–H and O–H groups in total. The zero-order valence-electron chi connectivity index (χ0n) is 55.4. The first-order valence-electron chi connectivity index (χ1n) is 35.0. The zero-order valence-corrected chi connectivity index (χ0v) is 56.3. The monoisotopic (exact) mass is 1230 g/mol. The summed E-state index contributed by atoms with van der Waals surface area (Å²) in [5.41, 5.74) is 5.40. The van der Waals surface area contributed by atoms with Crippen LogP contribution in [0, 0.1) is 0 Å². The number of ether oxygens (including phenoxy) is 2. The van der Waals surface area contributed by atoms with Crippen molar-refractivity contribution >= 4 is 19.8 Å². The summed E-state index contributed by atoms with van der Waals surface area (Å²) in [6, 6.07) is 0. The number of phosphoric acid groups is 1. The van der Waals surface area contributed by atoms with Gasteiger partial charge in [-0.2, -0.15) is 0 Å². The van der Waals surface area contributed by atoms with Crippen LogP contribution < -0.4 is 5.73 Å². The number of carbonyl (C=O) groups is 2. The summed E-state index contributed by atoms with van der Waals surface area (Å²) in [5.74, 6) is -0.859. The number of nitrogens with two attached hydrogens (primary N) is 1. The van der Waals surface area contributed by atoms with Crippen LogP contribution in [0.4, 0.5) is 0 Å². The maximum absolute atomic E-state index is 12.8. The number of phosphoric ester groups is 1. The molecule has 494 valence electrons. The van der Waals surface area contributed by atoms with Gasteiger partial charge in [0.15, 0.2) is 6.10 Å². The van der Waals surface area contributed by atoms with E-state index >= 15 is 0 Å². The molecule has 9 nitrogen and oxygen atoms in total. The summed E-state index contributed by atoms with van der Waals surface area (Å²) in [6.07, 6.45) is 103. The van der Waals surface area contributed by atoms with E-state index in [2.05, 4.69) is 172 Å². The lowest BCUT2D eigenvalue weighted by Crippen LogP contribution is -2.29. The molecule has 0 rings (SSSR count). The van der Waals surface area contributed by atoms with Crippen molar-refractivity contribution in [3.8, 4) is 0 Å². The second kappa shape index (κ2) is 70.7. The van der Waals surface area contributed by atoms with Crippen LogP contribution in [-0.2, 0) is 32.7 Å². The third-order valence-electron chi connectivity index (χ3n) is 14.4. The van der Waals surface area contributed by atoms with E-state index in [1.807, 2.05) is 0 Å². The summed E-state index contributed by atoms with van der Waals surface area (Å²) >= 11 is 0. The molecule has 2 unspecified atom stereocenters. The van der Waals surface area contributed by atoms with E-state index in [1.165, 1.54) is 122 Å². The fraction of sp³-hybridized carbons (Fsp3) is 0.636. The topological polar surface area (TPSA) is 134 Å². The number of rotatable bonds is 64. The Kier molecular flexibility index (Phi) is 67.2. The molecule has 0 saturated carbocycles. The standard InChI is InChI=1S/C77H128NO8P/c1-3-5-7-9-11-13-15-17-19-21-23-25-27-29-31-33-34-35-36-37-38-39-40-42-43-45-47-49-51-53-55-57-59-61-63-65-67-69-76(79)83-73-75(74-85-87(81,82)84-72-71-78)86-77(80)70-68-66-64-62-60-58-56-54-52-50-48-46-44-41-32-30-28-26-24-22-20-18-16-14-12-10-8-6-4-2/h5-8,11-14,17-20,23-26,29-32,44,46,50,52,56,58,75H,3-4,9-10,15-16,21-22,27-28,33-43,45,47-49,51,53-55,57,59-74,78H2,1-2H3,(H,81,82)/b7-5-,8-6-,13-11-,14-12-,19-17-,20-18-,25-23-,26-24-,31-29-,32-30-,46-44-,52-50-,58-56-. The quantitative estimate of drug-likeness (QED) is 0.0264. The predicted octanol–water partition coefficient (Wildman–Crippen LogP) is 23.2. The van der Waals surface area contributed by atoms with Gasteiger partial charge in [0.1, 0.15) is 6.61 Å². The Morgan fingerprint density at radius 1 is 0.345 bits per heavy atom. The largest absolute Gasteiger partial charge is 0.472 e. The molecule has 0 bridgehead atoms. The molecule has 87 heavy (non-hydrogen) atoms. The van der Waals surface area contributed by atoms with Gasteiger partial charge in [-0.15, -0.1) is 0 Å². The fourth-order valence-corrected chi connectivity index (χ4v) is 10.1. The van der Waals surface area contributed by atoms with Gasteiger partial charge in [0, 0.05) is 19.4 Å². The van der Waals surface area contributed by atoms with Crippen LogP contribution in [0.2, 0.25) is 0 Å². The van der Waals surface area contributed by atoms with Gasteiger partial charge >= 0.3 is 19.8 Å². The van der Waals surface area contributed by atoms with Crippen molar-refractivity contribution < 1.29 is 37.6 Å². The van der Waals surface area contributed by atoms with Crippen molar-refractivity contribution in [3.63, 3.8) is 0 Å². The van der Waals surface area contributed by atoms with Crippen LogP contribution >= 0.6 is 7.82 Å². The van der Waals surface area contributed by atoms with Crippen molar-refractivity contribution in [1.82, 2.24) is 0 Å². The van der Waals surface area contributed by atoms with Crippen LogP contribution in [0.15, 0.2) is 158 Å². The SMILES string of the molecule is CC/C=C\C/C=C\C/C=C\C/C=C\C/C=C\C/C=C\C/C=C\C/C=C\CCCCCCC(=O)OC(COC(=O)CCCCCCCCCCCCCCCCCCCCCCC/C=C\C/C=C\C/C=C\C/C=C\C/C=C\CC)COP(=O)(O)OCCN. The van der Waals surface area contributed by atoms with Crippen molar-refractivity contribution in [2.75, 3.05) is 26.4 Å². The van der Waals surface area contributed by atoms with Gasteiger partial charge in [-0.3, -0.25) is 18.6 Å². The number of allylic oxidation sites excluding steroid dienone is 26. The van der Waals surface area contributed by atoms with E-state index in [1.54, 1.807) is 0 Å². The van der Waals surface area contributed by atoms with E-state index in [-0.39, 0.29) is 38.6 Å². The van der Waals surface area contributed by atoms with E-state index in [0.717, 1.165) is 128 Å². The molecule has 0 fully saturated rings. The van der Waals surface area contributed by atoms with Crippen molar-refractivity contribution in [2.24, 2.45) is 5.73 Å². The van der Waals surface area contributed by atoms with Crippen LogP contribution in [0.5, 0.6) is 0 Å². The molecule has 0 heterocycles. The average molecular weight is 1230 g/mol. The molecule has 0 radical (unpaired) electrons. The third kappa shape index (κ3) is 70.6. The molecule has 2 atom stereocenters. The smallest absolute Gasteiger partial charge is 0.462 e. The Bertz CT molecular complexity index is 1980. The molecule has 0 aliphatic carbocycles. The van der Waals surface area contributed by atoms with E-state index in [0.29, 0.717) is 6.42 Å². The average Bonchev–Trinajstić information content (AvgIpc) is 3.63. The Morgan fingerprint density at radius 2 is 0.598 bits per heavy atom. The Hall–Kier alpha value is -4.37. The van der Waals surface area contributed by atoms with Crippen LogP contribution in [0.3, 0.4) is 0 Å². The molecular formula is C77H128NO8P. The van der Waals surface area contributed by atoms with Gasteiger partial charge < -0.3 is 20.1 Å². The maximum atomic E-state index is 12.8. The Balaban J connectivity index is 3.93. The van der Waals surface area contributed by atoms with Crippen molar-refractivity contribution in [1.29, 1.82) is 0 Å². The van der Waals surface area contributed by atoms with Gasteiger partial charge in [-0.05, 0) is 122 Å². The summed E-state index contributed by atoms with van der Waals surface area (Å²) in [6.45, 7) is 3.49. The van der Waals surface area contributed by atoms with Crippen LogP contribution in [-0.4, -0.2) is 49.3 Å². The summed E-state index contributed by atoms with van der Waals surface area (Å²) in [7, 11) is -4.41. The zero-order chi connectivity index (χ0) is 63.0. The molecule has 0 aliphatic heterocycles. The van der Waals surface area contributed by atoms with Gasteiger partial charge in [-0.1, -0.05) is 307 Å². The Morgan fingerprint density at radius 3 is 0.885 bits per heavy atom. The second-order valence-electron chi connectivity index (χ2n) is 22.6. The maximum Gasteiger partial charge on any atom is 0.472 e. The molecule has 0 spiro atoms. The lowest BCUT2D eigenvalue weighted by Gasteiger charge is -2.19. The molecule has 0 aromatic carbocycles. The molecule has 0 aromatic heterocycles. The Labute approximate surface area is 534 Å². The highest BCUT2D eigenvalue weighted by Crippen LogP contribution is 2.43. The van der Waals surface area contributed by atoms with Gasteiger partial charge in [0.2, 0.25) is 0 Å². The number of hydrogen-bond donors (Lipinski definition) is 2. The van der Waals surface area contributed by atoms with E-state index in [4.69, 9.17) is 24.3 Å². The first kappa shape index (κ1) is 82.6. The molecule has 10 heteroatoms.